The lowest BCUT2D eigenvalue weighted by atomic mass is 10.1. The molecule has 0 saturated heterocycles. The van der Waals surface area contributed by atoms with Gasteiger partial charge in [0.15, 0.2) is 0 Å². The molecule has 2 aromatic heterocycles. The van der Waals surface area contributed by atoms with Crippen LogP contribution in [0.4, 0.5) is 10.6 Å². The Morgan fingerprint density at radius 1 is 1.14 bits per heavy atom. The number of pyridine rings is 1. The Bertz CT molecular complexity index is 1480. The van der Waals surface area contributed by atoms with Gasteiger partial charge >= 0.3 is 12.1 Å². The Morgan fingerprint density at radius 3 is 2.45 bits per heavy atom. The molecule has 0 aliphatic rings. The number of carbonyl (C=O) groups is 3. The van der Waals surface area contributed by atoms with Crippen molar-refractivity contribution in [3.05, 3.63) is 98.0 Å². The largest absolute Gasteiger partial charge is 0.443 e. The van der Waals surface area contributed by atoms with Gasteiger partial charge in [0.2, 0.25) is 0 Å². The van der Waals surface area contributed by atoms with E-state index in [9.17, 15) is 14.4 Å². The highest BCUT2D eigenvalue weighted by atomic mass is 35.5. The van der Waals surface area contributed by atoms with Gasteiger partial charge in [0, 0.05) is 30.5 Å². The topological polar surface area (TPSA) is 97.8 Å². The summed E-state index contributed by atoms with van der Waals surface area (Å²) in [4.78, 5) is 44.9. The van der Waals surface area contributed by atoms with E-state index in [1.165, 1.54) is 16.2 Å². The Balaban J connectivity index is 1.68. The first-order chi connectivity index (χ1) is 19.7. The number of amides is 2. The summed E-state index contributed by atoms with van der Waals surface area (Å²) in [5.74, 6) is -0.537. The van der Waals surface area contributed by atoms with Crippen molar-refractivity contribution in [3.8, 4) is 0 Å². The van der Waals surface area contributed by atoms with Gasteiger partial charge in [-0.3, -0.25) is 9.69 Å². The second-order valence-electron chi connectivity index (χ2n) is 10.4. The zero-order valence-electron chi connectivity index (χ0n) is 24.1. The van der Waals surface area contributed by atoms with Gasteiger partial charge in [-0.2, -0.15) is 0 Å². The van der Waals surface area contributed by atoms with E-state index < -0.39 is 29.6 Å². The maximum absolute atomic E-state index is 13.0. The Morgan fingerprint density at radius 2 is 1.81 bits per heavy atom. The van der Waals surface area contributed by atoms with E-state index in [1.54, 1.807) is 38.2 Å². The second-order valence-corrected chi connectivity index (χ2v) is 12.2. The van der Waals surface area contributed by atoms with Crippen LogP contribution in [0.25, 0.3) is 6.08 Å². The molecule has 0 spiro atoms. The Hall–Kier alpha value is -3.66. The van der Waals surface area contributed by atoms with Crippen LogP contribution in [-0.2, 0) is 27.1 Å². The van der Waals surface area contributed by atoms with Crippen molar-refractivity contribution in [3.63, 3.8) is 0 Å². The predicted molar refractivity (Wildman–Crippen MR) is 168 cm³/mol. The van der Waals surface area contributed by atoms with Crippen LogP contribution in [0.15, 0.2) is 66.3 Å². The normalized spacial score (nSPS) is 12.1. The van der Waals surface area contributed by atoms with Crippen molar-refractivity contribution >= 4 is 64.4 Å². The van der Waals surface area contributed by atoms with Crippen LogP contribution >= 0.6 is 34.5 Å². The number of ether oxygens (including phenoxy) is 2. The third kappa shape index (κ3) is 9.72. The highest BCUT2D eigenvalue weighted by Crippen LogP contribution is 2.25. The molecule has 0 fully saturated rings. The van der Waals surface area contributed by atoms with Crippen molar-refractivity contribution in [2.75, 3.05) is 11.9 Å². The molecule has 0 bridgehead atoms. The average Bonchev–Trinajstić information content (AvgIpc) is 3.33. The van der Waals surface area contributed by atoms with Crippen LogP contribution in [-0.4, -0.2) is 41.6 Å². The van der Waals surface area contributed by atoms with E-state index in [0.29, 0.717) is 12.2 Å². The number of rotatable bonds is 10. The van der Waals surface area contributed by atoms with Crippen molar-refractivity contribution in [2.45, 2.75) is 52.2 Å². The molecule has 8 nitrogen and oxygen atoms in total. The third-order valence-electron chi connectivity index (χ3n) is 5.57. The minimum atomic E-state index is -0.995. The summed E-state index contributed by atoms with van der Waals surface area (Å²) in [5, 5.41) is 4.99. The fourth-order valence-electron chi connectivity index (χ4n) is 3.68. The van der Waals surface area contributed by atoms with Crippen LogP contribution in [0.1, 0.15) is 54.2 Å². The van der Waals surface area contributed by atoms with E-state index in [4.69, 9.17) is 32.7 Å². The molecule has 0 radical (unpaired) electrons. The number of nitrogens with zero attached hydrogens (tertiary/aromatic N) is 2. The van der Waals surface area contributed by atoms with Crippen LogP contribution in [0.5, 0.6) is 0 Å². The smallest absolute Gasteiger partial charge is 0.415 e. The molecule has 42 heavy (non-hydrogen) atoms. The summed E-state index contributed by atoms with van der Waals surface area (Å²) >= 11 is 13.8. The van der Waals surface area contributed by atoms with Gasteiger partial charge in [-0.15, -0.1) is 11.3 Å². The molecule has 2 heterocycles. The molecule has 3 rings (SSSR count). The van der Waals surface area contributed by atoms with Crippen molar-refractivity contribution < 1.29 is 23.9 Å². The monoisotopic (exact) mass is 629 g/mol. The number of halogens is 2. The number of carbonyl (C=O) groups excluding carboxylic acids is 3. The van der Waals surface area contributed by atoms with Crippen molar-refractivity contribution in [2.24, 2.45) is 0 Å². The first-order valence-electron chi connectivity index (χ1n) is 13.0. The van der Waals surface area contributed by atoms with E-state index in [-0.39, 0.29) is 27.8 Å². The number of benzene rings is 1. The van der Waals surface area contributed by atoms with Crippen LogP contribution in [0.3, 0.4) is 0 Å². The van der Waals surface area contributed by atoms with Gasteiger partial charge in [-0.25, -0.2) is 14.6 Å². The van der Waals surface area contributed by atoms with Gasteiger partial charge in [0.05, 0.1) is 21.4 Å². The molecule has 11 heteroatoms. The molecular weight excluding hydrogens is 597 g/mol. The van der Waals surface area contributed by atoms with Crippen molar-refractivity contribution in [1.82, 2.24) is 10.3 Å². The number of nitrogens with one attached hydrogen (secondary N) is 1. The summed E-state index contributed by atoms with van der Waals surface area (Å²) in [6.45, 7) is 10.6. The zero-order chi connectivity index (χ0) is 31.0. The number of hydrogen-bond donors (Lipinski definition) is 1. The molecule has 1 atom stereocenters. The van der Waals surface area contributed by atoms with Gasteiger partial charge in [0.1, 0.15) is 17.5 Å². The SMILES string of the molecule is C=C(C)OC(=O)C(Cc1cc(/C=C/Cc2cccc(N(C)C(=O)OC(C)(C)C)n2)cs1)NC(=O)c1c(Cl)cccc1Cl. The molecular formula is C31H33Cl2N3O5S. The minimum absolute atomic E-state index is 0.0822. The number of hydrogen-bond acceptors (Lipinski definition) is 7. The van der Waals surface area contributed by atoms with E-state index in [2.05, 4.69) is 16.9 Å². The highest BCUT2D eigenvalue weighted by Gasteiger charge is 2.26. The summed E-state index contributed by atoms with van der Waals surface area (Å²) in [6, 6.07) is 11.1. The first-order valence-corrected chi connectivity index (χ1v) is 14.7. The molecule has 0 aliphatic carbocycles. The number of allylic oxidation sites excluding steroid dienone is 2. The van der Waals surface area contributed by atoms with E-state index >= 15 is 0 Å². The predicted octanol–water partition coefficient (Wildman–Crippen LogP) is 7.50. The number of thiophene rings is 1. The molecule has 222 valence electrons. The second kappa shape index (κ2) is 14.5. The Labute approximate surface area is 259 Å². The number of anilines is 1. The lowest BCUT2D eigenvalue weighted by Crippen LogP contribution is -2.43. The van der Waals surface area contributed by atoms with Gasteiger partial charge < -0.3 is 14.8 Å². The van der Waals surface area contributed by atoms with Gasteiger partial charge in [-0.05, 0) is 69.0 Å². The third-order valence-corrected chi connectivity index (χ3v) is 7.18. The highest BCUT2D eigenvalue weighted by molar-refractivity contribution is 7.10. The van der Waals surface area contributed by atoms with Crippen LogP contribution in [0.2, 0.25) is 10.0 Å². The molecule has 0 saturated carbocycles. The van der Waals surface area contributed by atoms with E-state index in [1.807, 2.05) is 56.5 Å². The lowest BCUT2D eigenvalue weighted by Gasteiger charge is -2.24. The summed E-state index contributed by atoms with van der Waals surface area (Å²) in [7, 11) is 1.62. The van der Waals surface area contributed by atoms with Gasteiger partial charge in [-0.1, -0.05) is 54.1 Å². The molecule has 0 aliphatic heterocycles. The molecule has 1 aromatic carbocycles. The Kier molecular flexibility index (Phi) is 11.3. The molecule has 1 N–H and O–H groups in total. The molecule has 2 amide bonds. The maximum Gasteiger partial charge on any atom is 0.415 e. The molecule has 1 unspecified atom stereocenters. The minimum Gasteiger partial charge on any atom is -0.443 e. The van der Waals surface area contributed by atoms with E-state index in [0.717, 1.165) is 16.1 Å². The fraction of sp³-hybridized carbons (Fsp3) is 0.290. The summed E-state index contributed by atoms with van der Waals surface area (Å²) in [5.41, 5.74) is 1.17. The molecule has 3 aromatic rings. The van der Waals surface area contributed by atoms with Crippen LogP contribution in [0, 0.1) is 0 Å². The quantitative estimate of drug-likeness (QED) is 0.184. The summed E-state index contributed by atoms with van der Waals surface area (Å²) in [6.07, 6.45) is 4.14. The maximum atomic E-state index is 13.0. The number of aromatic nitrogens is 1. The van der Waals surface area contributed by atoms with Crippen LogP contribution < -0.4 is 10.2 Å². The standard InChI is InChI=1S/C31H33Cl2N3O5S/c1-19(2)40-29(38)25(35-28(37)27-23(32)13-9-14-24(27)33)17-22-16-20(18-42-22)10-7-11-21-12-8-15-26(34-21)36(6)30(39)41-31(3,4)5/h7-10,12-16,18,25H,1,11,17H2,2-6H3,(H,35,37)/b10-7+. The number of esters is 1. The summed E-state index contributed by atoms with van der Waals surface area (Å²) < 4.78 is 10.6. The average molecular weight is 631 g/mol. The fourth-order valence-corrected chi connectivity index (χ4v) is 5.15. The van der Waals surface area contributed by atoms with Crippen molar-refractivity contribution in [1.29, 1.82) is 0 Å². The first kappa shape index (κ1) is 32.8. The van der Waals surface area contributed by atoms with Gasteiger partial charge in [0.25, 0.3) is 5.91 Å². The zero-order valence-corrected chi connectivity index (χ0v) is 26.4. The lowest BCUT2D eigenvalue weighted by molar-refractivity contribution is -0.141.